The average Bonchev–Trinajstić information content (AvgIpc) is 2.74. The third-order valence-electron chi connectivity index (χ3n) is 5.07. The van der Waals surface area contributed by atoms with Gasteiger partial charge in [-0.15, -0.1) is 0 Å². The minimum absolute atomic E-state index is 0. The molecule has 158 valence electrons. The highest BCUT2D eigenvalue weighted by atomic mass is 16.5. The predicted octanol–water partition coefficient (Wildman–Crippen LogP) is 1.85. The van der Waals surface area contributed by atoms with Crippen molar-refractivity contribution in [1.29, 1.82) is 0 Å². The normalized spacial score (nSPS) is 19.2. The zero-order chi connectivity index (χ0) is 19.8. The van der Waals surface area contributed by atoms with Crippen LogP contribution in [0, 0.1) is 6.92 Å². The lowest BCUT2D eigenvalue weighted by molar-refractivity contribution is 0.00530. The number of carbonyl (C=O) groups excluding carboxylic acids is 1. The molecule has 7 heteroatoms. The number of pyridine rings is 1. The first-order valence-corrected chi connectivity index (χ1v) is 9.82. The van der Waals surface area contributed by atoms with Crippen LogP contribution in [-0.2, 0) is 4.74 Å². The number of rotatable bonds is 8. The lowest BCUT2D eigenvalue weighted by atomic mass is 10.0. The van der Waals surface area contributed by atoms with Gasteiger partial charge in [-0.2, -0.15) is 0 Å². The molecule has 0 saturated carbocycles. The lowest BCUT2D eigenvalue weighted by Gasteiger charge is -2.38. The van der Waals surface area contributed by atoms with Crippen LogP contribution in [0.1, 0.15) is 28.9 Å². The Morgan fingerprint density at radius 3 is 2.72 bits per heavy atom. The summed E-state index contributed by atoms with van der Waals surface area (Å²) in [5, 5.41) is 3.13. The molecule has 1 saturated heterocycles. The Morgan fingerprint density at radius 2 is 2.03 bits per heavy atom. The van der Waals surface area contributed by atoms with Crippen LogP contribution >= 0.6 is 0 Å². The van der Waals surface area contributed by atoms with Gasteiger partial charge in [-0.3, -0.25) is 9.78 Å². The van der Waals surface area contributed by atoms with Crippen molar-refractivity contribution < 1.29 is 19.7 Å². The number of nitrogens with one attached hydrogen (secondary N) is 1. The molecule has 0 spiro atoms. The zero-order valence-electron chi connectivity index (χ0n) is 17.1. The highest BCUT2D eigenvalue weighted by Crippen LogP contribution is 2.15. The minimum atomic E-state index is -0.0405. The molecule has 1 aliphatic heterocycles. The van der Waals surface area contributed by atoms with Gasteiger partial charge >= 0.3 is 0 Å². The van der Waals surface area contributed by atoms with Gasteiger partial charge in [-0.1, -0.05) is 18.2 Å². The number of likely N-dealkylation sites (tertiary alicyclic amines) is 1. The van der Waals surface area contributed by atoms with Gasteiger partial charge < -0.3 is 25.2 Å². The van der Waals surface area contributed by atoms with Gasteiger partial charge in [0.05, 0.1) is 24.9 Å². The van der Waals surface area contributed by atoms with E-state index in [0.29, 0.717) is 12.2 Å². The quantitative estimate of drug-likeness (QED) is 0.681. The number of hydrogen-bond donors (Lipinski definition) is 1. The highest BCUT2D eigenvalue weighted by molar-refractivity contribution is 5.94. The smallest absolute Gasteiger partial charge is 0.251 e. The molecule has 1 aromatic heterocycles. The molecule has 7 nitrogen and oxygen atoms in total. The monoisotopic (exact) mass is 401 g/mol. The van der Waals surface area contributed by atoms with Gasteiger partial charge in [-0.05, 0) is 44.0 Å². The van der Waals surface area contributed by atoms with E-state index in [1.807, 2.05) is 49.4 Å². The summed E-state index contributed by atoms with van der Waals surface area (Å²) >= 11 is 0. The number of methoxy groups -OCH3 is 1. The molecule has 2 aromatic rings. The van der Waals surface area contributed by atoms with Crippen LogP contribution in [0.25, 0.3) is 0 Å². The maximum atomic E-state index is 12.4. The van der Waals surface area contributed by atoms with Crippen LogP contribution in [0.15, 0.2) is 48.7 Å². The summed E-state index contributed by atoms with van der Waals surface area (Å²) in [7, 11) is 1.71. The average molecular weight is 402 g/mol. The van der Waals surface area contributed by atoms with Crippen molar-refractivity contribution in [2.75, 3.05) is 33.4 Å². The van der Waals surface area contributed by atoms with Crippen LogP contribution in [0.3, 0.4) is 0 Å². The van der Waals surface area contributed by atoms with Crippen LogP contribution in [0.5, 0.6) is 5.75 Å². The third-order valence-corrected chi connectivity index (χ3v) is 5.07. The number of benzene rings is 1. The number of carbonyl (C=O) groups is 1. The Kier molecular flexibility index (Phi) is 9.05. The van der Waals surface area contributed by atoms with E-state index in [9.17, 15) is 4.79 Å². The molecule has 2 atom stereocenters. The molecule has 1 aromatic carbocycles. The Labute approximate surface area is 172 Å². The van der Waals surface area contributed by atoms with Crippen molar-refractivity contribution in [2.45, 2.75) is 31.9 Å². The van der Waals surface area contributed by atoms with E-state index in [1.54, 1.807) is 13.3 Å². The maximum absolute atomic E-state index is 12.4. The fraction of sp³-hybridized carbons (Fsp3) is 0.455. The number of aryl methyl sites for hydroxylation is 1. The molecule has 3 rings (SSSR count). The molecular weight excluding hydrogens is 370 g/mol. The van der Waals surface area contributed by atoms with Crippen LogP contribution in [0.4, 0.5) is 0 Å². The van der Waals surface area contributed by atoms with Gasteiger partial charge in [0.2, 0.25) is 0 Å². The molecule has 0 aliphatic carbocycles. The Morgan fingerprint density at radius 1 is 1.24 bits per heavy atom. The molecule has 2 unspecified atom stereocenters. The Hall–Kier alpha value is -2.48. The summed E-state index contributed by atoms with van der Waals surface area (Å²) in [6, 6.07) is 13.2. The van der Waals surface area contributed by atoms with Gasteiger partial charge in [-0.25, -0.2) is 0 Å². The van der Waals surface area contributed by atoms with Crippen molar-refractivity contribution in [3.63, 3.8) is 0 Å². The molecule has 1 fully saturated rings. The largest absolute Gasteiger partial charge is 0.492 e. The molecule has 29 heavy (non-hydrogen) atoms. The SMILES string of the molecule is COC1CN(CCCOc2ccc(C)nc2)CCC1NC(=O)c1ccccc1.O. The summed E-state index contributed by atoms with van der Waals surface area (Å²) < 4.78 is 11.4. The number of piperidine rings is 1. The number of ether oxygens (including phenoxy) is 2. The summed E-state index contributed by atoms with van der Waals surface area (Å²) in [4.78, 5) is 19.0. The fourth-order valence-corrected chi connectivity index (χ4v) is 3.45. The predicted molar refractivity (Wildman–Crippen MR) is 112 cm³/mol. The van der Waals surface area contributed by atoms with Crippen molar-refractivity contribution in [2.24, 2.45) is 0 Å². The second-order valence-electron chi connectivity index (χ2n) is 7.15. The van der Waals surface area contributed by atoms with Gasteiger partial charge in [0, 0.05) is 38.0 Å². The molecule has 0 bridgehead atoms. The van der Waals surface area contributed by atoms with Gasteiger partial charge in [0.1, 0.15) is 5.75 Å². The Bertz CT molecular complexity index is 739. The minimum Gasteiger partial charge on any atom is -0.492 e. The Balaban J connectivity index is 0.00000300. The van der Waals surface area contributed by atoms with E-state index in [2.05, 4.69) is 15.2 Å². The first kappa shape index (κ1) is 22.8. The van der Waals surface area contributed by atoms with E-state index in [4.69, 9.17) is 9.47 Å². The standard InChI is InChI=1S/C22H29N3O3.H2O/c1-17-9-10-19(15-23-17)28-14-6-12-25-13-11-20(21(16-25)27-2)24-22(26)18-7-4-3-5-8-18;/h3-5,7-10,15,20-21H,6,11-14,16H2,1-2H3,(H,24,26);1H2. The summed E-state index contributed by atoms with van der Waals surface area (Å²) in [6.07, 6.45) is 3.56. The second kappa shape index (κ2) is 11.5. The van der Waals surface area contributed by atoms with E-state index in [-0.39, 0.29) is 23.5 Å². The van der Waals surface area contributed by atoms with E-state index < -0.39 is 0 Å². The first-order valence-electron chi connectivity index (χ1n) is 9.82. The fourth-order valence-electron chi connectivity index (χ4n) is 3.45. The van der Waals surface area contributed by atoms with Crippen LogP contribution in [0.2, 0.25) is 0 Å². The van der Waals surface area contributed by atoms with Crippen molar-refractivity contribution in [1.82, 2.24) is 15.2 Å². The van der Waals surface area contributed by atoms with Crippen molar-refractivity contribution >= 4 is 5.91 Å². The summed E-state index contributed by atoms with van der Waals surface area (Å²) in [5.41, 5.74) is 1.67. The first-order chi connectivity index (χ1) is 13.7. The molecule has 0 radical (unpaired) electrons. The van der Waals surface area contributed by atoms with Gasteiger partial charge in [0.25, 0.3) is 5.91 Å². The van der Waals surface area contributed by atoms with Crippen molar-refractivity contribution in [3.05, 3.63) is 59.9 Å². The van der Waals surface area contributed by atoms with Gasteiger partial charge in [0.15, 0.2) is 0 Å². The molecular formula is C22H31N3O4. The van der Waals surface area contributed by atoms with E-state index in [0.717, 1.165) is 43.9 Å². The van der Waals surface area contributed by atoms with Crippen LogP contribution in [-0.4, -0.2) is 66.8 Å². The lowest BCUT2D eigenvalue weighted by Crippen LogP contribution is -2.55. The number of aromatic nitrogens is 1. The van der Waals surface area contributed by atoms with E-state index in [1.165, 1.54) is 0 Å². The highest BCUT2D eigenvalue weighted by Gasteiger charge is 2.30. The summed E-state index contributed by atoms with van der Waals surface area (Å²) in [6.45, 7) is 5.31. The number of amides is 1. The summed E-state index contributed by atoms with van der Waals surface area (Å²) in [5.74, 6) is 0.768. The maximum Gasteiger partial charge on any atom is 0.251 e. The molecule has 1 aliphatic rings. The third kappa shape index (κ3) is 6.81. The molecule has 3 N–H and O–H groups in total. The van der Waals surface area contributed by atoms with E-state index >= 15 is 0 Å². The van der Waals surface area contributed by atoms with Crippen molar-refractivity contribution in [3.8, 4) is 5.75 Å². The number of hydrogen-bond acceptors (Lipinski definition) is 5. The van der Waals surface area contributed by atoms with Crippen LogP contribution < -0.4 is 10.1 Å². The molecule has 1 amide bonds. The molecule has 2 heterocycles. The topological polar surface area (TPSA) is 95.2 Å². The number of nitrogens with zero attached hydrogens (tertiary/aromatic N) is 2. The second-order valence-corrected chi connectivity index (χ2v) is 7.15. The zero-order valence-corrected chi connectivity index (χ0v) is 17.1.